The maximum atomic E-state index is 12.7. The molecule has 0 spiro atoms. The number of hydrogen-bond acceptors (Lipinski definition) is 3. The molecule has 0 fully saturated rings. The summed E-state index contributed by atoms with van der Waals surface area (Å²) in [4.78, 5) is 4.20. The Kier molecular flexibility index (Phi) is 3.70. The molecule has 1 heterocycles. The molecule has 0 bridgehead atoms. The van der Waals surface area contributed by atoms with E-state index in [1.807, 2.05) is 26.0 Å². The smallest absolute Gasteiger partial charge is 0.236 e. The number of nitrogens with zero attached hydrogens (tertiary/aromatic N) is 2. The van der Waals surface area contributed by atoms with Crippen molar-refractivity contribution >= 4 is 32.7 Å². The summed E-state index contributed by atoms with van der Waals surface area (Å²) in [5, 5.41) is 0.447. The fraction of sp³-hybridized carbons (Fsp3) is 0.188. The van der Waals surface area contributed by atoms with Gasteiger partial charge in [-0.1, -0.05) is 29.8 Å². The predicted molar refractivity (Wildman–Crippen MR) is 88.7 cm³/mol. The zero-order chi connectivity index (χ0) is 15.9. The van der Waals surface area contributed by atoms with Gasteiger partial charge in [0.25, 0.3) is 0 Å². The molecule has 0 saturated heterocycles. The van der Waals surface area contributed by atoms with Crippen LogP contribution in [0.4, 0.5) is 0 Å². The van der Waals surface area contributed by atoms with Crippen LogP contribution in [0.3, 0.4) is 0 Å². The Morgan fingerprint density at radius 2 is 1.82 bits per heavy atom. The second kappa shape index (κ2) is 5.41. The van der Waals surface area contributed by atoms with Crippen LogP contribution in [-0.4, -0.2) is 17.4 Å². The average molecular weight is 335 g/mol. The summed E-state index contributed by atoms with van der Waals surface area (Å²) >= 11 is 6.07. The van der Waals surface area contributed by atoms with Crippen LogP contribution >= 0.6 is 11.6 Å². The van der Waals surface area contributed by atoms with Gasteiger partial charge in [0, 0.05) is 5.02 Å². The molecular formula is C16H15ClN2O2S. The monoisotopic (exact) mass is 334 g/mol. The Bertz CT molecular complexity index is 961. The van der Waals surface area contributed by atoms with Crippen molar-refractivity contribution in [3.63, 3.8) is 0 Å². The Morgan fingerprint density at radius 1 is 1.14 bits per heavy atom. The van der Waals surface area contributed by atoms with Gasteiger partial charge in [-0.05, 0) is 48.7 Å². The van der Waals surface area contributed by atoms with Crippen LogP contribution in [0, 0.1) is 13.8 Å². The van der Waals surface area contributed by atoms with Gasteiger partial charge in [0.15, 0.2) is 0 Å². The van der Waals surface area contributed by atoms with Crippen molar-refractivity contribution in [2.45, 2.75) is 19.6 Å². The molecule has 3 rings (SSSR count). The van der Waals surface area contributed by atoms with Crippen molar-refractivity contribution < 1.29 is 8.42 Å². The number of imidazole rings is 1. The van der Waals surface area contributed by atoms with Crippen LogP contribution in [0.15, 0.2) is 42.7 Å². The number of fused-ring (bicyclic) bond motifs is 1. The van der Waals surface area contributed by atoms with Crippen LogP contribution < -0.4 is 0 Å². The van der Waals surface area contributed by atoms with Crippen molar-refractivity contribution in [3.05, 3.63) is 64.4 Å². The quantitative estimate of drug-likeness (QED) is 0.734. The van der Waals surface area contributed by atoms with Gasteiger partial charge in [-0.3, -0.25) is 0 Å². The lowest BCUT2D eigenvalue weighted by Crippen LogP contribution is -2.14. The van der Waals surface area contributed by atoms with Gasteiger partial charge in [-0.2, -0.15) is 0 Å². The lowest BCUT2D eigenvalue weighted by atomic mass is 10.1. The van der Waals surface area contributed by atoms with Crippen LogP contribution in [0.5, 0.6) is 0 Å². The first-order valence-electron chi connectivity index (χ1n) is 6.79. The molecule has 0 aliphatic rings. The van der Waals surface area contributed by atoms with E-state index in [4.69, 9.17) is 11.6 Å². The summed E-state index contributed by atoms with van der Waals surface area (Å²) in [7, 11) is -3.58. The molecule has 4 nitrogen and oxygen atoms in total. The molecule has 0 atom stereocenters. The summed E-state index contributed by atoms with van der Waals surface area (Å²) in [6, 6.07) is 10.7. The third kappa shape index (κ3) is 2.62. The Morgan fingerprint density at radius 3 is 2.55 bits per heavy atom. The Balaban J connectivity index is 2.10. The molecule has 22 heavy (non-hydrogen) atoms. The summed E-state index contributed by atoms with van der Waals surface area (Å²) in [6.45, 7) is 3.93. The maximum Gasteiger partial charge on any atom is 0.244 e. The molecule has 2 aromatic carbocycles. The number of halogens is 1. The average Bonchev–Trinajstić information content (AvgIpc) is 2.85. The zero-order valence-corrected chi connectivity index (χ0v) is 13.8. The highest BCUT2D eigenvalue weighted by Crippen LogP contribution is 2.23. The first kappa shape index (κ1) is 15.1. The molecule has 0 aliphatic carbocycles. The summed E-state index contributed by atoms with van der Waals surface area (Å²) in [6.07, 6.45) is 1.36. The molecule has 6 heteroatoms. The number of aromatic nitrogens is 2. The zero-order valence-electron chi connectivity index (χ0n) is 12.2. The Labute approximate surface area is 134 Å². The summed E-state index contributed by atoms with van der Waals surface area (Å²) in [5.41, 5.74) is 3.96. The van der Waals surface area contributed by atoms with E-state index in [0.29, 0.717) is 21.6 Å². The molecule has 0 amide bonds. The van der Waals surface area contributed by atoms with Crippen LogP contribution in [-0.2, 0) is 15.8 Å². The van der Waals surface area contributed by atoms with Gasteiger partial charge in [0.05, 0.1) is 16.8 Å². The van der Waals surface area contributed by atoms with Gasteiger partial charge in [-0.15, -0.1) is 0 Å². The second-order valence-corrected chi connectivity index (χ2v) is 7.57. The third-order valence-electron chi connectivity index (χ3n) is 3.73. The van der Waals surface area contributed by atoms with Gasteiger partial charge in [0.2, 0.25) is 10.0 Å². The van der Waals surface area contributed by atoms with E-state index in [1.165, 1.54) is 10.3 Å². The largest absolute Gasteiger partial charge is 0.244 e. The van der Waals surface area contributed by atoms with E-state index >= 15 is 0 Å². The van der Waals surface area contributed by atoms with Crippen LogP contribution in [0.2, 0.25) is 5.02 Å². The van der Waals surface area contributed by atoms with Gasteiger partial charge in [-0.25, -0.2) is 17.4 Å². The summed E-state index contributed by atoms with van der Waals surface area (Å²) in [5.74, 6) is -0.162. The molecule has 3 aromatic rings. The highest BCUT2D eigenvalue weighted by Gasteiger charge is 2.19. The van der Waals surface area contributed by atoms with Crippen molar-refractivity contribution in [3.8, 4) is 0 Å². The lowest BCUT2D eigenvalue weighted by Gasteiger charge is -2.09. The molecule has 1 aromatic heterocycles. The molecule has 0 aliphatic heterocycles. The minimum absolute atomic E-state index is 0.162. The Hall–Kier alpha value is -1.85. The molecule has 0 N–H and O–H groups in total. The van der Waals surface area contributed by atoms with E-state index in [1.54, 1.807) is 24.3 Å². The van der Waals surface area contributed by atoms with Gasteiger partial charge in [0.1, 0.15) is 6.33 Å². The minimum Gasteiger partial charge on any atom is -0.236 e. The highest BCUT2D eigenvalue weighted by atomic mass is 35.5. The van der Waals surface area contributed by atoms with Crippen LogP contribution in [0.25, 0.3) is 11.0 Å². The van der Waals surface area contributed by atoms with Crippen molar-refractivity contribution in [1.82, 2.24) is 8.96 Å². The predicted octanol–water partition coefficient (Wildman–Crippen LogP) is 3.68. The molecule has 0 radical (unpaired) electrons. The molecular weight excluding hydrogens is 320 g/mol. The van der Waals surface area contributed by atoms with Crippen molar-refractivity contribution in [2.75, 3.05) is 0 Å². The fourth-order valence-electron chi connectivity index (χ4n) is 2.35. The van der Waals surface area contributed by atoms with E-state index < -0.39 is 10.0 Å². The van der Waals surface area contributed by atoms with Gasteiger partial charge >= 0.3 is 0 Å². The fourth-order valence-corrected chi connectivity index (χ4v) is 4.05. The highest BCUT2D eigenvalue weighted by molar-refractivity contribution is 7.89. The number of rotatable bonds is 3. The normalized spacial score (nSPS) is 12.0. The van der Waals surface area contributed by atoms with Crippen LogP contribution in [0.1, 0.15) is 16.7 Å². The van der Waals surface area contributed by atoms with Crippen molar-refractivity contribution in [1.29, 1.82) is 0 Å². The lowest BCUT2D eigenvalue weighted by molar-refractivity contribution is 0.588. The van der Waals surface area contributed by atoms with Crippen molar-refractivity contribution in [2.24, 2.45) is 0 Å². The standard InChI is InChI=1S/C16H15ClN2O2S/c1-11-7-15-16(8-12(11)2)19(10-18-15)22(20,21)9-13-5-3-4-6-14(13)17/h3-8,10H,9H2,1-2H3. The first-order valence-corrected chi connectivity index (χ1v) is 8.78. The second-order valence-electron chi connectivity index (χ2n) is 5.31. The van der Waals surface area contributed by atoms with E-state index in [9.17, 15) is 8.42 Å². The van der Waals surface area contributed by atoms with E-state index in [-0.39, 0.29) is 5.75 Å². The molecule has 0 unspecified atom stereocenters. The number of hydrogen-bond donors (Lipinski definition) is 0. The minimum atomic E-state index is -3.58. The summed E-state index contributed by atoms with van der Waals surface area (Å²) < 4.78 is 26.6. The molecule has 0 saturated carbocycles. The first-order chi connectivity index (χ1) is 10.4. The number of benzene rings is 2. The third-order valence-corrected chi connectivity index (χ3v) is 5.66. The van der Waals surface area contributed by atoms with Gasteiger partial charge < -0.3 is 0 Å². The molecule has 114 valence electrons. The topological polar surface area (TPSA) is 52.0 Å². The van der Waals surface area contributed by atoms with E-state index in [0.717, 1.165) is 11.1 Å². The van der Waals surface area contributed by atoms with E-state index in [2.05, 4.69) is 4.98 Å². The number of aryl methyl sites for hydroxylation is 2. The maximum absolute atomic E-state index is 12.7. The SMILES string of the molecule is Cc1cc2ncn(S(=O)(=O)Cc3ccccc3Cl)c2cc1C.